The Hall–Kier alpha value is -2.83. The second kappa shape index (κ2) is 7.16. The summed E-state index contributed by atoms with van der Waals surface area (Å²) in [5.74, 6) is -1.12. The average molecular weight is 331 g/mol. The molecule has 24 heavy (non-hydrogen) atoms. The van der Waals surface area contributed by atoms with Crippen molar-refractivity contribution in [2.75, 3.05) is 0 Å². The van der Waals surface area contributed by atoms with Gasteiger partial charge >= 0.3 is 12.1 Å². The number of aliphatic carboxylic acids is 1. The van der Waals surface area contributed by atoms with E-state index >= 15 is 0 Å². The minimum absolute atomic E-state index is 0.143. The maximum Gasteiger partial charge on any atom is 0.408 e. The lowest BCUT2D eigenvalue weighted by Gasteiger charge is -2.22. The number of rotatable bonds is 5. The van der Waals surface area contributed by atoms with Crippen molar-refractivity contribution in [2.45, 2.75) is 38.8 Å². The van der Waals surface area contributed by atoms with Gasteiger partial charge in [0.1, 0.15) is 11.6 Å². The van der Waals surface area contributed by atoms with Gasteiger partial charge in [0.25, 0.3) is 0 Å². The van der Waals surface area contributed by atoms with Gasteiger partial charge in [-0.1, -0.05) is 12.1 Å². The van der Waals surface area contributed by atoms with Crippen molar-refractivity contribution < 1.29 is 19.4 Å². The SMILES string of the molecule is CC(C)(C)OC(=O)NC(Cc1cccc(-n2cccn2)c1)C(=O)O. The lowest BCUT2D eigenvalue weighted by Crippen LogP contribution is -2.44. The first-order chi connectivity index (χ1) is 11.2. The van der Waals surface area contributed by atoms with E-state index < -0.39 is 23.7 Å². The van der Waals surface area contributed by atoms with E-state index in [2.05, 4.69) is 10.4 Å². The van der Waals surface area contributed by atoms with Crippen LogP contribution >= 0.6 is 0 Å². The summed E-state index contributed by atoms with van der Waals surface area (Å²) in [5, 5.41) is 15.9. The molecule has 128 valence electrons. The molecular weight excluding hydrogens is 310 g/mol. The number of nitrogens with zero attached hydrogens (tertiary/aromatic N) is 2. The molecule has 0 bridgehead atoms. The van der Waals surface area contributed by atoms with Crippen LogP contribution in [0.1, 0.15) is 26.3 Å². The number of hydrogen-bond donors (Lipinski definition) is 2. The predicted octanol–water partition coefficient (Wildman–Crippen LogP) is 2.39. The van der Waals surface area contributed by atoms with Crippen molar-refractivity contribution in [1.29, 1.82) is 0 Å². The van der Waals surface area contributed by atoms with Crippen LogP contribution in [0, 0.1) is 0 Å². The Labute approximate surface area is 140 Å². The fraction of sp³-hybridized carbons (Fsp3) is 0.353. The zero-order valence-corrected chi connectivity index (χ0v) is 13.9. The molecule has 7 nitrogen and oxygen atoms in total. The topological polar surface area (TPSA) is 93.5 Å². The highest BCUT2D eigenvalue weighted by molar-refractivity contribution is 5.80. The smallest absolute Gasteiger partial charge is 0.408 e. The van der Waals surface area contributed by atoms with E-state index in [9.17, 15) is 14.7 Å². The van der Waals surface area contributed by atoms with Gasteiger partial charge in [0.2, 0.25) is 0 Å². The van der Waals surface area contributed by atoms with Crippen molar-refractivity contribution in [3.8, 4) is 5.69 Å². The van der Waals surface area contributed by atoms with Gasteiger partial charge in [-0.15, -0.1) is 0 Å². The molecule has 0 spiro atoms. The van der Waals surface area contributed by atoms with Crippen molar-refractivity contribution in [2.24, 2.45) is 0 Å². The fourth-order valence-electron chi connectivity index (χ4n) is 2.13. The Morgan fingerprint density at radius 3 is 2.67 bits per heavy atom. The molecule has 0 aliphatic rings. The van der Waals surface area contributed by atoms with Gasteiger partial charge < -0.3 is 15.2 Å². The minimum Gasteiger partial charge on any atom is -0.480 e. The number of carboxylic acid groups (broad SMARTS) is 1. The van der Waals surface area contributed by atoms with Gasteiger partial charge in [0.15, 0.2) is 0 Å². The van der Waals surface area contributed by atoms with Crippen LogP contribution < -0.4 is 5.32 Å². The molecule has 1 aromatic heterocycles. The summed E-state index contributed by atoms with van der Waals surface area (Å²) >= 11 is 0. The van der Waals surface area contributed by atoms with Crippen LogP contribution in [-0.4, -0.2) is 38.6 Å². The minimum atomic E-state index is -1.12. The zero-order valence-electron chi connectivity index (χ0n) is 13.9. The summed E-state index contributed by atoms with van der Waals surface area (Å²) in [6.07, 6.45) is 2.85. The van der Waals surface area contributed by atoms with E-state index in [0.717, 1.165) is 11.3 Å². The monoisotopic (exact) mass is 331 g/mol. The molecule has 1 unspecified atom stereocenters. The van der Waals surface area contributed by atoms with Gasteiger partial charge in [0, 0.05) is 18.8 Å². The molecule has 0 aliphatic carbocycles. The standard InChI is InChI=1S/C17H21N3O4/c1-17(2,3)24-16(23)19-14(15(21)22)11-12-6-4-7-13(10-12)20-9-5-8-18-20/h4-10,14H,11H2,1-3H3,(H,19,23)(H,21,22). The van der Waals surface area contributed by atoms with Gasteiger partial charge in [-0.3, -0.25) is 0 Å². The molecule has 0 aliphatic heterocycles. The first-order valence-electron chi connectivity index (χ1n) is 7.56. The van der Waals surface area contributed by atoms with E-state index in [1.165, 1.54) is 0 Å². The molecule has 1 aromatic carbocycles. The van der Waals surface area contributed by atoms with E-state index in [1.807, 2.05) is 18.2 Å². The summed E-state index contributed by atoms with van der Waals surface area (Å²) < 4.78 is 6.79. The lowest BCUT2D eigenvalue weighted by molar-refractivity contribution is -0.139. The van der Waals surface area contributed by atoms with Crippen molar-refractivity contribution in [3.05, 3.63) is 48.3 Å². The third-order valence-corrected chi connectivity index (χ3v) is 3.11. The Bertz CT molecular complexity index is 705. The third kappa shape index (κ3) is 5.12. The van der Waals surface area contributed by atoms with Crippen LogP contribution in [0.25, 0.3) is 5.69 Å². The molecule has 1 heterocycles. The normalized spacial score (nSPS) is 12.5. The number of ether oxygens (including phenoxy) is 1. The lowest BCUT2D eigenvalue weighted by atomic mass is 10.1. The molecule has 1 atom stereocenters. The molecule has 2 aromatic rings. The van der Waals surface area contributed by atoms with Crippen molar-refractivity contribution in [3.63, 3.8) is 0 Å². The van der Waals surface area contributed by atoms with Crippen molar-refractivity contribution >= 4 is 12.1 Å². The van der Waals surface area contributed by atoms with Gasteiger partial charge in [-0.2, -0.15) is 5.10 Å². The summed E-state index contributed by atoms with van der Waals surface area (Å²) in [6.45, 7) is 5.15. The van der Waals surface area contributed by atoms with Crippen LogP contribution in [0.15, 0.2) is 42.7 Å². The van der Waals surface area contributed by atoms with Gasteiger partial charge in [-0.05, 0) is 44.5 Å². The Morgan fingerprint density at radius 2 is 2.08 bits per heavy atom. The average Bonchev–Trinajstić information content (AvgIpc) is 2.99. The first-order valence-corrected chi connectivity index (χ1v) is 7.56. The maximum absolute atomic E-state index is 11.8. The summed E-state index contributed by atoms with van der Waals surface area (Å²) in [7, 11) is 0. The van der Waals surface area contributed by atoms with Crippen LogP contribution in [0.3, 0.4) is 0 Å². The van der Waals surface area contributed by atoms with E-state index in [0.29, 0.717) is 0 Å². The summed E-state index contributed by atoms with van der Waals surface area (Å²) in [4.78, 5) is 23.2. The van der Waals surface area contributed by atoms with Gasteiger partial charge in [0.05, 0.1) is 5.69 Å². The molecule has 1 amide bonds. The van der Waals surface area contributed by atoms with Crippen LogP contribution in [0.5, 0.6) is 0 Å². The van der Waals surface area contributed by atoms with E-state index in [1.54, 1.807) is 50.0 Å². The Morgan fingerprint density at radius 1 is 1.33 bits per heavy atom. The Kier molecular flexibility index (Phi) is 5.23. The molecule has 2 rings (SSSR count). The number of hydrogen-bond acceptors (Lipinski definition) is 4. The van der Waals surface area contributed by atoms with Crippen LogP contribution in [-0.2, 0) is 16.0 Å². The first kappa shape index (κ1) is 17.5. The quantitative estimate of drug-likeness (QED) is 0.877. The number of carboxylic acids is 1. The number of alkyl carbamates (subject to hydrolysis) is 1. The van der Waals surface area contributed by atoms with E-state index in [-0.39, 0.29) is 6.42 Å². The molecule has 0 radical (unpaired) electrons. The number of aromatic nitrogens is 2. The number of benzene rings is 1. The highest BCUT2D eigenvalue weighted by atomic mass is 16.6. The molecule has 0 saturated carbocycles. The third-order valence-electron chi connectivity index (χ3n) is 3.11. The summed E-state index contributed by atoms with van der Waals surface area (Å²) in [6, 6.07) is 8.05. The van der Waals surface area contributed by atoms with Crippen molar-refractivity contribution in [1.82, 2.24) is 15.1 Å². The number of carbonyl (C=O) groups excluding carboxylic acids is 1. The second-order valence-electron chi connectivity index (χ2n) is 6.36. The molecule has 2 N–H and O–H groups in total. The van der Waals surface area contributed by atoms with Crippen LogP contribution in [0.2, 0.25) is 0 Å². The molecule has 7 heteroatoms. The highest BCUT2D eigenvalue weighted by Gasteiger charge is 2.24. The number of nitrogens with one attached hydrogen (secondary N) is 1. The number of carbonyl (C=O) groups is 2. The highest BCUT2D eigenvalue weighted by Crippen LogP contribution is 2.12. The number of amides is 1. The van der Waals surface area contributed by atoms with Crippen LogP contribution in [0.4, 0.5) is 4.79 Å². The Balaban J connectivity index is 2.09. The molecule has 0 saturated heterocycles. The fourth-order valence-corrected chi connectivity index (χ4v) is 2.13. The summed E-state index contributed by atoms with van der Waals surface area (Å²) in [5.41, 5.74) is 0.901. The predicted molar refractivity (Wildman–Crippen MR) is 88.1 cm³/mol. The molecule has 0 fully saturated rings. The zero-order chi connectivity index (χ0) is 17.7. The molecular formula is C17H21N3O4. The second-order valence-corrected chi connectivity index (χ2v) is 6.36. The van der Waals surface area contributed by atoms with E-state index in [4.69, 9.17) is 4.74 Å². The maximum atomic E-state index is 11.8. The van der Waals surface area contributed by atoms with Gasteiger partial charge in [-0.25, -0.2) is 14.3 Å². The largest absolute Gasteiger partial charge is 0.480 e.